The van der Waals surface area contributed by atoms with E-state index in [4.69, 9.17) is 11.6 Å². The lowest BCUT2D eigenvalue weighted by Gasteiger charge is -2.37. The number of amides is 2. The molecule has 6 nitrogen and oxygen atoms in total. The van der Waals surface area contributed by atoms with Crippen LogP contribution in [0.15, 0.2) is 48.7 Å². The summed E-state index contributed by atoms with van der Waals surface area (Å²) in [6, 6.07) is 12.5. The third-order valence-corrected chi connectivity index (χ3v) is 5.42. The van der Waals surface area contributed by atoms with Gasteiger partial charge in [-0.1, -0.05) is 17.7 Å². The highest BCUT2D eigenvalue weighted by atomic mass is 35.5. The molecular weight excluding hydrogens is 364 g/mol. The largest absolute Gasteiger partial charge is 0.353 e. The van der Waals surface area contributed by atoms with Gasteiger partial charge in [-0.25, -0.2) is 4.98 Å². The second kappa shape index (κ2) is 7.56. The Labute approximate surface area is 163 Å². The van der Waals surface area contributed by atoms with Gasteiger partial charge >= 0.3 is 0 Å². The average Bonchev–Trinajstić information content (AvgIpc) is 3.10. The lowest BCUT2D eigenvalue weighted by molar-refractivity contribution is -0.133. The first-order valence-corrected chi connectivity index (χ1v) is 9.54. The van der Waals surface area contributed by atoms with Crippen LogP contribution in [0, 0.1) is 0 Å². The molecule has 0 bridgehead atoms. The minimum absolute atomic E-state index is 0.0113. The van der Waals surface area contributed by atoms with Gasteiger partial charge in [0.2, 0.25) is 11.8 Å². The van der Waals surface area contributed by atoms with Gasteiger partial charge in [-0.3, -0.25) is 14.5 Å². The maximum absolute atomic E-state index is 13.1. The van der Waals surface area contributed by atoms with E-state index in [0.717, 1.165) is 24.6 Å². The first kappa shape index (κ1) is 17.8. The summed E-state index contributed by atoms with van der Waals surface area (Å²) < 4.78 is 0. The molecule has 2 fully saturated rings. The highest BCUT2D eigenvalue weighted by molar-refractivity contribution is 6.30. The number of benzene rings is 1. The Morgan fingerprint density at radius 3 is 2.44 bits per heavy atom. The molecule has 0 radical (unpaired) electrons. The van der Waals surface area contributed by atoms with E-state index in [1.165, 1.54) is 0 Å². The van der Waals surface area contributed by atoms with Crippen LogP contribution < -0.4 is 9.80 Å². The van der Waals surface area contributed by atoms with E-state index in [1.807, 2.05) is 23.1 Å². The Morgan fingerprint density at radius 1 is 1.04 bits per heavy atom. The third kappa shape index (κ3) is 3.62. The smallest absolute Gasteiger partial charge is 0.245 e. The molecule has 140 valence electrons. The second-order valence-electron chi connectivity index (χ2n) is 6.79. The van der Waals surface area contributed by atoms with Crippen LogP contribution in [-0.4, -0.2) is 53.9 Å². The summed E-state index contributed by atoms with van der Waals surface area (Å²) in [6.45, 7) is 2.75. The molecular formula is C20H21ClN4O2. The van der Waals surface area contributed by atoms with Crippen LogP contribution in [0.3, 0.4) is 0 Å². The SMILES string of the molecule is O=C(C1CCC(=O)N1c1ccc(Cl)cc1)N1CCN(c2ccccn2)CC1. The summed E-state index contributed by atoms with van der Waals surface area (Å²) in [4.78, 5) is 35.6. The van der Waals surface area contributed by atoms with Crippen molar-refractivity contribution >= 4 is 34.9 Å². The van der Waals surface area contributed by atoms with Crippen LogP contribution in [0.2, 0.25) is 5.02 Å². The van der Waals surface area contributed by atoms with Crippen molar-refractivity contribution in [1.82, 2.24) is 9.88 Å². The number of pyridine rings is 1. The zero-order valence-corrected chi connectivity index (χ0v) is 15.7. The van der Waals surface area contributed by atoms with Crippen LogP contribution in [0.1, 0.15) is 12.8 Å². The first-order valence-electron chi connectivity index (χ1n) is 9.16. The fourth-order valence-corrected chi connectivity index (χ4v) is 3.88. The minimum atomic E-state index is -0.430. The maximum atomic E-state index is 13.1. The zero-order valence-electron chi connectivity index (χ0n) is 14.9. The Kier molecular flexibility index (Phi) is 4.99. The molecule has 1 atom stereocenters. The van der Waals surface area contributed by atoms with Crippen molar-refractivity contribution in [2.75, 3.05) is 36.0 Å². The van der Waals surface area contributed by atoms with Gasteiger partial charge < -0.3 is 9.80 Å². The van der Waals surface area contributed by atoms with E-state index in [-0.39, 0.29) is 11.8 Å². The average molecular weight is 385 g/mol. The molecule has 1 unspecified atom stereocenters. The number of piperazine rings is 1. The van der Waals surface area contributed by atoms with Crippen LogP contribution in [0.4, 0.5) is 11.5 Å². The van der Waals surface area contributed by atoms with Gasteiger partial charge in [0.1, 0.15) is 11.9 Å². The molecule has 0 aliphatic carbocycles. The van der Waals surface area contributed by atoms with E-state index in [2.05, 4.69) is 9.88 Å². The van der Waals surface area contributed by atoms with E-state index in [1.54, 1.807) is 35.4 Å². The molecule has 1 aromatic heterocycles. The standard InChI is InChI=1S/C20H21ClN4O2/c21-15-4-6-16(7-5-15)25-17(8-9-19(25)26)20(27)24-13-11-23(12-14-24)18-3-1-2-10-22-18/h1-7,10,17H,8-9,11-14H2. The maximum Gasteiger partial charge on any atom is 0.245 e. The number of halogens is 1. The summed E-state index contributed by atoms with van der Waals surface area (Å²) in [5.41, 5.74) is 0.729. The van der Waals surface area contributed by atoms with Crippen molar-refractivity contribution in [1.29, 1.82) is 0 Å². The fourth-order valence-electron chi connectivity index (χ4n) is 3.75. The number of carbonyl (C=O) groups is 2. The summed E-state index contributed by atoms with van der Waals surface area (Å²) >= 11 is 5.95. The molecule has 2 amide bonds. The monoisotopic (exact) mass is 384 g/mol. The number of hydrogen-bond acceptors (Lipinski definition) is 4. The van der Waals surface area contributed by atoms with Crippen molar-refractivity contribution in [2.45, 2.75) is 18.9 Å². The molecule has 2 aliphatic rings. The quantitative estimate of drug-likeness (QED) is 0.816. The minimum Gasteiger partial charge on any atom is -0.353 e. The lowest BCUT2D eigenvalue weighted by atomic mass is 10.1. The molecule has 2 saturated heterocycles. The van der Waals surface area contributed by atoms with Crippen molar-refractivity contribution < 1.29 is 9.59 Å². The molecule has 3 heterocycles. The molecule has 1 aromatic carbocycles. The Hall–Kier alpha value is -2.60. The van der Waals surface area contributed by atoms with Gasteiger partial charge in [-0.05, 0) is 42.8 Å². The predicted octanol–water partition coefficient (Wildman–Crippen LogP) is 2.58. The van der Waals surface area contributed by atoms with Crippen molar-refractivity contribution in [3.05, 3.63) is 53.7 Å². The Morgan fingerprint density at radius 2 is 1.78 bits per heavy atom. The van der Waals surface area contributed by atoms with Crippen molar-refractivity contribution in [3.63, 3.8) is 0 Å². The van der Waals surface area contributed by atoms with Crippen LogP contribution in [-0.2, 0) is 9.59 Å². The van der Waals surface area contributed by atoms with Crippen molar-refractivity contribution in [2.24, 2.45) is 0 Å². The van der Waals surface area contributed by atoms with Crippen LogP contribution in [0.25, 0.3) is 0 Å². The number of rotatable bonds is 3. The van der Waals surface area contributed by atoms with Crippen LogP contribution >= 0.6 is 11.6 Å². The normalized spacial score (nSPS) is 20.3. The zero-order chi connectivity index (χ0) is 18.8. The van der Waals surface area contributed by atoms with Gasteiger partial charge in [-0.15, -0.1) is 0 Å². The second-order valence-corrected chi connectivity index (χ2v) is 7.23. The molecule has 0 saturated carbocycles. The topological polar surface area (TPSA) is 56.8 Å². The highest BCUT2D eigenvalue weighted by Gasteiger charge is 2.39. The number of hydrogen-bond donors (Lipinski definition) is 0. The number of nitrogens with zero attached hydrogens (tertiary/aromatic N) is 4. The Bertz CT molecular complexity index is 820. The van der Waals surface area contributed by atoms with E-state index in [9.17, 15) is 9.59 Å². The number of aromatic nitrogens is 1. The van der Waals surface area contributed by atoms with Crippen LogP contribution in [0.5, 0.6) is 0 Å². The fraction of sp³-hybridized carbons (Fsp3) is 0.350. The van der Waals surface area contributed by atoms with Gasteiger partial charge in [0.25, 0.3) is 0 Å². The highest BCUT2D eigenvalue weighted by Crippen LogP contribution is 2.29. The molecule has 0 N–H and O–H groups in total. The molecule has 2 aliphatic heterocycles. The van der Waals surface area contributed by atoms with Gasteiger partial charge in [0.05, 0.1) is 0 Å². The van der Waals surface area contributed by atoms with E-state index in [0.29, 0.717) is 31.0 Å². The van der Waals surface area contributed by atoms with Gasteiger partial charge in [-0.2, -0.15) is 0 Å². The molecule has 7 heteroatoms. The first-order chi connectivity index (χ1) is 13.1. The van der Waals surface area contributed by atoms with Gasteiger partial charge in [0.15, 0.2) is 0 Å². The summed E-state index contributed by atoms with van der Waals surface area (Å²) in [7, 11) is 0. The summed E-state index contributed by atoms with van der Waals surface area (Å²) in [5, 5.41) is 0.610. The molecule has 0 spiro atoms. The number of carbonyl (C=O) groups excluding carboxylic acids is 2. The lowest BCUT2D eigenvalue weighted by Crippen LogP contribution is -2.54. The molecule has 27 heavy (non-hydrogen) atoms. The predicted molar refractivity (Wildman–Crippen MR) is 105 cm³/mol. The summed E-state index contributed by atoms with van der Waals surface area (Å²) in [5.74, 6) is 0.947. The van der Waals surface area contributed by atoms with E-state index >= 15 is 0 Å². The van der Waals surface area contributed by atoms with Crippen molar-refractivity contribution in [3.8, 4) is 0 Å². The molecule has 4 rings (SSSR count). The molecule has 2 aromatic rings. The Balaban J connectivity index is 1.44. The van der Waals surface area contributed by atoms with Gasteiger partial charge in [0, 0.05) is 49.5 Å². The van der Waals surface area contributed by atoms with E-state index < -0.39 is 6.04 Å². The summed E-state index contributed by atoms with van der Waals surface area (Å²) in [6.07, 6.45) is 2.73. The number of anilines is 2. The third-order valence-electron chi connectivity index (χ3n) is 5.17.